The number of para-hydroxylation sites is 1. The SMILES string of the molecule is Cc1cccc(C)c1NC(=O)COC(=O)CCC(=O)NNC(=O)c1ccccc1. The summed E-state index contributed by atoms with van der Waals surface area (Å²) < 4.78 is 4.88. The number of amides is 3. The maximum atomic E-state index is 12.0. The lowest BCUT2D eigenvalue weighted by molar-refractivity contribution is -0.148. The van der Waals surface area contributed by atoms with Gasteiger partial charge < -0.3 is 10.1 Å². The van der Waals surface area contributed by atoms with Gasteiger partial charge in [0, 0.05) is 17.7 Å². The number of carbonyl (C=O) groups is 4. The van der Waals surface area contributed by atoms with Crippen molar-refractivity contribution >= 4 is 29.4 Å². The molecule has 3 amide bonds. The zero-order chi connectivity index (χ0) is 21.2. The molecule has 0 aliphatic carbocycles. The molecule has 0 aliphatic heterocycles. The molecule has 0 aliphatic rings. The van der Waals surface area contributed by atoms with E-state index in [-0.39, 0.29) is 12.8 Å². The lowest BCUT2D eigenvalue weighted by atomic mass is 10.1. The van der Waals surface area contributed by atoms with Crippen LogP contribution in [0.4, 0.5) is 5.69 Å². The van der Waals surface area contributed by atoms with E-state index in [0.29, 0.717) is 11.3 Å². The van der Waals surface area contributed by atoms with Crippen molar-refractivity contribution in [2.24, 2.45) is 0 Å². The minimum Gasteiger partial charge on any atom is -0.456 e. The third-order valence-corrected chi connectivity index (χ3v) is 4.02. The van der Waals surface area contributed by atoms with Gasteiger partial charge in [-0.3, -0.25) is 30.0 Å². The number of carbonyl (C=O) groups excluding carboxylic acids is 4. The highest BCUT2D eigenvalue weighted by Gasteiger charge is 2.13. The fraction of sp³-hybridized carbons (Fsp3) is 0.238. The summed E-state index contributed by atoms with van der Waals surface area (Å²) in [6.07, 6.45) is -0.407. The summed E-state index contributed by atoms with van der Waals surface area (Å²) in [4.78, 5) is 47.2. The number of rotatable bonds is 7. The molecule has 2 rings (SSSR count). The first-order chi connectivity index (χ1) is 13.9. The van der Waals surface area contributed by atoms with E-state index in [2.05, 4.69) is 16.2 Å². The van der Waals surface area contributed by atoms with Crippen molar-refractivity contribution in [3.05, 3.63) is 65.2 Å². The summed E-state index contributed by atoms with van der Waals surface area (Å²) in [5, 5.41) is 2.70. The average Bonchev–Trinajstić information content (AvgIpc) is 2.72. The van der Waals surface area contributed by atoms with E-state index in [9.17, 15) is 19.2 Å². The Labute approximate surface area is 168 Å². The summed E-state index contributed by atoms with van der Waals surface area (Å²) in [7, 11) is 0. The third-order valence-electron chi connectivity index (χ3n) is 4.02. The molecule has 0 aromatic heterocycles. The molecule has 29 heavy (non-hydrogen) atoms. The van der Waals surface area contributed by atoms with Gasteiger partial charge in [0.2, 0.25) is 5.91 Å². The first kappa shape index (κ1) is 21.6. The van der Waals surface area contributed by atoms with Crippen molar-refractivity contribution in [2.45, 2.75) is 26.7 Å². The van der Waals surface area contributed by atoms with Crippen LogP contribution < -0.4 is 16.2 Å². The van der Waals surface area contributed by atoms with E-state index in [0.717, 1.165) is 11.1 Å². The Kier molecular flexibility index (Phi) is 7.90. The molecule has 0 saturated heterocycles. The van der Waals surface area contributed by atoms with Crippen LogP contribution in [0.25, 0.3) is 0 Å². The second-order valence-electron chi connectivity index (χ2n) is 6.34. The summed E-state index contributed by atoms with van der Waals surface area (Å²) >= 11 is 0. The second kappa shape index (κ2) is 10.6. The van der Waals surface area contributed by atoms with Crippen LogP contribution in [0.3, 0.4) is 0 Å². The Morgan fingerprint density at radius 3 is 2.10 bits per heavy atom. The highest BCUT2D eigenvalue weighted by Crippen LogP contribution is 2.19. The average molecular weight is 397 g/mol. The number of hydrogen-bond acceptors (Lipinski definition) is 5. The number of hydrogen-bond donors (Lipinski definition) is 3. The third kappa shape index (κ3) is 7.10. The van der Waals surface area contributed by atoms with Gasteiger partial charge in [0.25, 0.3) is 11.8 Å². The zero-order valence-corrected chi connectivity index (χ0v) is 16.3. The van der Waals surface area contributed by atoms with Gasteiger partial charge in [-0.25, -0.2) is 0 Å². The van der Waals surface area contributed by atoms with E-state index in [1.807, 2.05) is 32.0 Å². The van der Waals surface area contributed by atoms with Crippen molar-refractivity contribution in [3.8, 4) is 0 Å². The molecule has 0 bridgehead atoms. The highest BCUT2D eigenvalue weighted by molar-refractivity contribution is 5.96. The van der Waals surface area contributed by atoms with Gasteiger partial charge in [-0.15, -0.1) is 0 Å². The molecule has 0 spiro atoms. The number of hydrazine groups is 1. The molecule has 8 heteroatoms. The molecule has 152 valence electrons. The molecule has 8 nitrogen and oxygen atoms in total. The summed E-state index contributed by atoms with van der Waals surface area (Å²) in [5.74, 6) is -2.17. The number of ether oxygens (including phenoxy) is 1. The Morgan fingerprint density at radius 2 is 1.45 bits per heavy atom. The molecular weight excluding hydrogens is 374 g/mol. The van der Waals surface area contributed by atoms with E-state index >= 15 is 0 Å². The minimum atomic E-state index is -0.689. The monoisotopic (exact) mass is 397 g/mol. The molecule has 0 saturated carbocycles. The summed E-state index contributed by atoms with van der Waals surface area (Å²) in [6, 6.07) is 14.0. The van der Waals surface area contributed by atoms with Crippen molar-refractivity contribution in [3.63, 3.8) is 0 Å². The predicted molar refractivity (Wildman–Crippen MR) is 107 cm³/mol. The normalized spacial score (nSPS) is 10.0. The predicted octanol–water partition coefficient (Wildman–Crippen LogP) is 2.03. The van der Waals surface area contributed by atoms with Gasteiger partial charge >= 0.3 is 5.97 Å². The Morgan fingerprint density at radius 1 is 0.793 bits per heavy atom. The molecule has 0 fully saturated rings. The van der Waals surface area contributed by atoms with Crippen LogP contribution in [-0.2, 0) is 19.1 Å². The van der Waals surface area contributed by atoms with Crippen molar-refractivity contribution in [1.29, 1.82) is 0 Å². The molecule has 2 aromatic carbocycles. The first-order valence-corrected chi connectivity index (χ1v) is 9.02. The van der Waals surface area contributed by atoms with Crippen molar-refractivity contribution in [2.75, 3.05) is 11.9 Å². The quantitative estimate of drug-likeness (QED) is 0.489. The topological polar surface area (TPSA) is 114 Å². The summed E-state index contributed by atoms with van der Waals surface area (Å²) in [5.41, 5.74) is 7.35. The molecule has 2 aromatic rings. The maximum Gasteiger partial charge on any atom is 0.306 e. The van der Waals surface area contributed by atoms with Crippen LogP contribution in [0.5, 0.6) is 0 Å². The van der Waals surface area contributed by atoms with Gasteiger partial charge in [0.05, 0.1) is 6.42 Å². The molecule has 0 unspecified atom stereocenters. The van der Waals surface area contributed by atoms with Crippen LogP contribution in [0.2, 0.25) is 0 Å². The van der Waals surface area contributed by atoms with E-state index in [4.69, 9.17) is 4.74 Å². The maximum absolute atomic E-state index is 12.0. The number of benzene rings is 2. The van der Waals surface area contributed by atoms with Gasteiger partial charge in [-0.2, -0.15) is 0 Å². The van der Waals surface area contributed by atoms with Crippen molar-refractivity contribution < 1.29 is 23.9 Å². The van der Waals surface area contributed by atoms with Gasteiger partial charge in [-0.05, 0) is 37.1 Å². The van der Waals surface area contributed by atoms with Gasteiger partial charge in [0.1, 0.15) is 0 Å². The van der Waals surface area contributed by atoms with Crippen LogP contribution in [0.1, 0.15) is 34.3 Å². The largest absolute Gasteiger partial charge is 0.456 e. The van der Waals surface area contributed by atoms with Crippen LogP contribution in [0, 0.1) is 13.8 Å². The summed E-state index contributed by atoms with van der Waals surface area (Å²) in [6.45, 7) is 3.28. The van der Waals surface area contributed by atoms with Crippen LogP contribution in [0.15, 0.2) is 48.5 Å². The second-order valence-corrected chi connectivity index (χ2v) is 6.34. The number of nitrogens with one attached hydrogen (secondary N) is 3. The van der Waals surface area contributed by atoms with Gasteiger partial charge in [-0.1, -0.05) is 36.4 Å². The van der Waals surface area contributed by atoms with Crippen LogP contribution in [-0.4, -0.2) is 30.3 Å². The fourth-order valence-corrected chi connectivity index (χ4v) is 2.47. The lowest BCUT2D eigenvalue weighted by Gasteiger charge is -2.11. The molecular formula is C21H23N3O5. The standard InChI is InChI=1S/C21H23N3O5/c1-14-7-6-8-15(2)20(14)22-18(26)13-29-19(27)12-11-17(25)23-24-21(28)16-9-4-3-5-10-16/h3-10H,11-13H2,1-2H3,(H,22,26)(H,23,25)(H,24,28). The van der Waals surface area contributed by atoms with E-state index in [1.165, 1.54) is 0 Å². The Balaban J connectivity index is 1.66. The Hall–Kier alpha value is -3.68. The molecule has 0 radical (unpaired) electrons. The molecule has 3 N–H and O–H groups in total. The fourth-order valence-electron chi connectivity index (χ4n) is 2.47. The first-order valence-electron chi connectivity index (χ1n) is 9.02. The van der Waals surface area contributed by atoms with Gasteiger partial charge in [0.15, 0.2) is 6.61 Å². The smallest absolute Gasteiger partial charge is 0.306 e. The lowest BCUT2D eigenvalue weighted by Crippen LogP contribution is -2.41. The van der Waals surface area contributed by atoms with E-state index < -0.39 is 30.3 Å². The molecule has 0 heterocycles. The van der Waals surface area contributed by atoms with Crippen LogP contribution >= 0.6 is 0 Å². The van der Waals surface area contributed by atoms with Crippen molar-refractivity contribution in [1.82, 2.24) is 10.9 Å². The Bertz CT molecular complexity index is 876. The number of anilines is 1. The highest BCUT2D eigenvalue weighted by atomic mass is 16.5. The number of aryl methyl sites for hydroxylation is 2. The zero-order valence-electron chi connectivity index (χ0n) is 16.3. The minimum absolute atomic E-state index is 0.188. The van der Waals surface area contributed by atoms with E-state index in [1.54, 1.807) is 30.3 Å². The molecule has 0 atom stereocenters. The number of esters is 1.